The Kier molecular flexibility index (Phi) is 4.68. The summed E-state index contributed by atoms with van der Waals surface area (Å²) in [5.41, 5.74) is -0.0585. The maximum atomic E-state index is 12.4. The lowest BCUT2D eigenvalue weighted by atomic mass is 10.1. The Balaban J connectivity index is 1.66. The van der Waals surface area contributed by atoms with Crippen molar-refractivity contribution in [2.24, 2.45) is 0 Å². The molecule has 1 aromatic heterocycles. The van der Waals surface area contributed by atoms with Crippen molar-refractivity contribution in [1.29, 1.82) is 0 Å². The number of benzene rings is 1. The van der Waals surface area contributed by atoms with Crippen molar-refractivity contribution < 1.29 is 14.5 Å². The van der Waals surface area contributed by atoms with E-state index in [0.717, 1.165) is 4.47 Å². The van der Waals surface area contributed by atoms with Crippen molar-refractivity contribution in [3.63, 3.8) is 0 Å². The standard InChI is InChI=1S/C15H11BrClN3O4/c16-12-2-1-5-18-14(12)24-10-7-19(8-10)15(21)11-6-9(20(22)23)3-4-13(11)17/h1-6,10H,7-8H2. The first kappa shape index (κ1) is 16.7. The Morgan fingerprint density at radius 3 is 2.83 bits per heavy atom. The molecular weight excluding hydrogens is 402 g/mol. The predicted molar refractivity (Wildman–Crippen MR) is 90.4 cm³/mol. The third-order valence-corrected chi connectivity index (χ3v) is 4.46. The first-order valence-electron chi connectivity index (χ1n) is 6.96. The minimum Gasteiger partial charge on any atom is -0.470 e. The molecule has 0 radical (unpaired) electrons. The summed E-state index contributed by atoms with van der Waals surface area (Å²) < 4.78 is 6.43. The van der Waals surface area contributed by atoms with Gasteiger partial charge >= 0.3 is 0 Å². The second-order valence-electron chi connectivity index (χ2n) is 5.16. The van der Waals surface area contributed by atoms with E-state index in [1.165, 1.54) is 23.1 Å². The van der Waals surface area contributed by atoms with Gasteiger partial charge in [0.05, 0.1) is 33.1 Å². The van der Waals surface area contributed by atoms with Gasteiger partial charge in [0.1, 0.15) is 6.10 Å². The molecule has 7 nitrogen and oxygen atoms in total. The van der Waals surface area contributed by atoms with Crippen LogP contribution in [0.5, 0.6) is 5.88 Å². The van der Waals surface area contributed by atoms with E-state index < -0.39 is 4.92 Å². The normalized spacial score (nSPS) is 14.2. The fourth-order valence-corrected chi connectivity index (χ4v) is 2.80. The van der Waals surface area contributed by atoms with Crippen molar-refractivity contribution in [3.05, 3.63) is 61.7 Å². The van der Waals surface area contributed by atoms with Crippen LogP contribution >= 0.6 is 27.5 Å². The van der Waals surface area contributed by atoms with Crippen molar-refractivity contribution in [1.82, 2.24) is 9.88 Å². The maximum absolute atomic E-state index is 12.4. The van der Waals surface area contributed by atoms with Crippen molar-refractivity contribution in [2.75, 3.05) is 13.1 Å². The van der Waals surface area contributed by atoms with Gasteiger partial charge in [-0.05, 0) is 34.1 Å². The Morgan fingerprint density at radius 1 is 1.42 bits per heavy atom. The number of nitro benzene ring substituents is 1. The second-order valence-corrected chi connectivity index (χ2v) is 6.42. The Labute approximate surface area is 150 Å². The monoisotopic (exact) mass is 411 g/mol. The highest BCUT2D eigenvalue weighted by Crippen LogP contribution is 2.27. The van der Waals surface area contributed by atoms with E-state index >= 15 is 0 Å². The number of likely N-dealkylation sites (tertiary alicyclic amines) is 1. The number of hydrogen-bond donors (Lipinski definition) is 0. The lowest BCUT2D eigenvalue weighted by Crippen LogP contribution is -2.56. The molecule has 124 valence electrons. The molecule has 3 rings (SSSR count). The second kappa shape index (κ2) is 6.74. The number of carbonyl (C=O) groups excluding carboxylic acids is 1. The average molecular weight is 413 g/mol. The van der Waals surface area contributed by atoms with Crippen LogP contribution < -0.4 is 4.74 Å². The number of pyridine rings is 1. The first-order chi connectivity index (χ1) is 11.5. The predicted octanol–water partition coefficient (Wildman–Crippen LogP) is 3.31. The molecule has 0 N–H and O–H groups in total. The molecule has 0 unspecified atom stereocenters. The van der Waals surface area contributed by atoms with E-state index in [4.69, 9.17) is 16.3 Å². The third kappa shape index (κ3) is 3.34. The summed E-state index contributed by atoms with van der Waals surface area (Å²) >= 11 is 9.33. The Morgan fingerprint density at radius 2 is 2.17 bits per heavy atom. The maximum Gasteiger partial charge on any atom is 0.270 e. The summed E-state index contributed by atoms with van der Waals surface area (Å²) in [6.45, 7) is 0.724. The highest BCUT2D eigenvalue weighted by molar-refractivity contribution is 9.10. The molecule has 2 heterocycles. The van der Waals surface area contributed by atoms with Crippen LogP contribution in [0.25, 0.3) is 0 Å². The summed E-state index contributed by atoms with van der Waals surface area (Å²) in [4.78, 5) is 28.3. The molecule has 2 aromatic rings. The molecule has 0 bridgehead atoms. The summed E-state index contributed by atoms with van der Waals surface area (Å²) in [7, 11) is 0. The van der Waals surface area contributed by atoms with Crippen LogP contribution in [0.3, 0.4) is 0 Å². The molecule has 0 atom stereocenters. The molecule has 1 aliphatic heterocycles. The lowest BCUT2D eigenvalue weighted by molar-refractivity contribution is -0.384. The smallest absolute Gasteiger partial charge is 0.270 e. The molecule has 9 heteroatoms. The molecule has 0 aliphatic carbocycles. The zero-order chi connectivity index (χ0) is 17.3. The quantitative estimate of drug-likeness (QED) is 0.568. The minimum absolute atomic E-state index is 0.114. The number of nitro groups is 1. The SMILES string of the molecule is O=C(c1cc([N+](=O)[O-])ccc1Cl)N1CC(Oc2ncccc2Br)C1. The summed E-state index contributed by atoms with van der Waals surface area (Å²) in [5.74, 6) is 0.103. The van der Waals surface area contributed by atoms with Crippen molar-refractivity contribution >= 4 is 39.1 Å². The van der Waals surface area contributed by atoms with Gasteiger partial charge < -0.3 is 9.64 Å². The van der Waals surface area contributed by atoms with Gasteiger partial charge in [0, 0.05) is 18.3 Å². The van der Waals surface area contributed by atoms with Gasteiger partial charge in [-0.15, -0.1) is 0 Å². The van der Waals surface area contributed by atoms with E-state index in [1.54, 1.807) is 12.3 Å². The average Bonchev–Trinajstić information content (AvgIpc) is 2.51. The molecule has 1 fully saturated rings. The largest absolute Gasteiger partial charge is 0.470 e. The van der Waals surface area contributed by atoms with Gasteiger partial charge in [-0.1, -0.05) is 11.6 Å². The van der Waals surface area contributed by atoms with Gasteiger partial charge in [0.25, 0.3) is 11.6 Å². The van der Waals surface area contributed by atoms with Crippen LogP contribution in [0.4, 0.5) is 5.69 Å². The molecule has 1 aromatic carbocycles. The molecule has 0 saturated carbocycles. The van der Waals surface area contributed by atoms with Gasteiger partial charge in [0.2, 0.25) is 5.88 Å². The molecule has 1 aliphatic rings. The number of hydrogen-bond acceptors (Lipinski definition) is 5. The molecular formula is C15H11BrClN3O4. The fraction of sp³-hybridized carbons (Fsp3) is 0.200. The topological polar surface area (TPSA) is 85.6 Å². The summed E-state index contributed by atoms with van der Waals surface area (Å²) in [6, 6.07) is 7.39. The molecule has 0 spiro atoms. The molecule has 1 amide bonds. The van der Waals surface area contributed by atoms with Crippen LogP contribution in [-0.4, -0.2) is 39.9 Å². The fourth-order valence-electron chi connectivity index (χ4n) is 2.26. The third-order valence-electron chi connectivity index (χ3n) is 3.53. The number of aromatic nitrogens is 1. The number of ether oxygens (including phenoxy) is 1. The van der Waals surface area contributed by atoms with Crippen LogP contribution in [0.15, 0.2) is 41.0 Å². The number of carbonyl (C=O) groups is 1. The van der Waals surface area contributed by atoms with E-state index in [2.05, 4.69) is 20.9 Å². The Hall–Kier alpha value is -2.19. The number of nitrogens with zero attached hydrogens (tertiary/aromatic N) is 3. The summed E-state index contributed by atoms with van der Waals surface area (Å²) in [5, 5.41) is 11.0. The van der Waals surface area contributed by atoms with E-state index in [1.807, 2.05) is 6.07 Å². The zero-order valence-corrected chi connectivity index (χ0v) is 14.5. The number of amides is 1. The van der Waals surface area contributed by atoms with Crippen molar-refractivity contribution in [2.45, 2.75) is 6.10 Å². The lowest BCUT2D eigenvalue weighted by Gasteiger charge is -2.38. The van der Waals surface area contributed by atoms with E-state index in [-0.39, 0.29) is 28.3 Å². The molecule has 1 saturated heterocycles. The highest BCUT2D eigenvalue weighted by Gasteiger charge is 2.34. The highest BCUT2D eigenvalue weighted by atomic mass is 79.9. The van der Waals surface area contributed by atoms with E-state index in [0.29, 0.717) is 19.0 Å². The van der Waals surface area contributed by atoms with Crippen LogP contribution in [0, 0.1) is 10.1 Å². The van der Waals surface area contributed by atoms with Crippen LogP contribution in [-0.2, 0) is 0 Å². The number of rotatable bonds is 4. The van der Waals surface area contributed by atoms with Crippen molar-refractivity contribution in [3.8, 4) is 5.88 Å². The minimum atomic E-state index is -0.562. The van der Waals surface area contributed by atoms with Gasteiger partial charge in [-0.25, -0.2) is 4.98 Å². The van der Waals surface area contributed by atoms with Gasteiger partial charge in [-0.3, -0.25) is 14.9 Å². The van der Waals surface area contributed by atoms with Gasteiger partial charge in [0.15, 0.2) is 0 Å². The van der Waals surface area contributed by atoms with E-state index in [9.17, 15) is 14.9 Å². The van der Waals surface area contributed by atoms with Crippen LogP contribution in [0.1, 0.15) is 10.4 Å². The zero-order valence-electron chi connectivity index (χ0n) is 12.2. The number of non-ortho nitro benzene ring substituents is 1. The van der Waals surface area contributed by atoms with Crippen LogP contribution in [0.2, 0.25) is 5.02 Å². The number of halogens is 2. The summed E-state index contributed by atoms with van der Waals surface area (Å²) in [6.07, 6.45) is 1.43. The van der Waals surface area contributed by atoms with Gasteiger partial charge in [-0.2, -0.15) is 0 Å². The molecule has 24 heavy (non-hydrogen) atoms. The first-order valence-corrected chi connectivity index (χ1v) is 8.13. The Bertz CT molecular complexity index is 811.